The average molecular weight is 370 g/mol. The molecule has 1 aliphatic carbocycles. The Balaban J connectivity index is 1.85. The van der Waals surface area contributed by atoms with Crippen LogP contribution in [0.15, 0.2) is 0 Å². The Hall–Kier alpha value is -0.790. The van der Waals surface area contributed by atoms with Crippen LogP contribution in [0.4, 0.5) is 0 Å². The van der Waals surface area contributed by atoms with E-state index in [-0.39, 0.29) is 29.6 Å². The highest BCUT2D eigenvalue weighted by molar-refractivity contribution is 7.81. The van der Waals surface area contributed by atoms with Crippen LogP contribution in [0.3, 0.4) is 0 Å². The van der Waals surface area contributed by atoms with Gasteiger partial charge >= 0.3 is 0 Å². The maximum atomic E-state index is 13.2. The van der Waals surface area contributed by atoms with Gasteiger partial charge in [-0.1, -0.05) is 19.3 Å². The summed E-state index contributed by atoms with van der Waals surface area (Å²) in [6.45, 7) is 4.63. The summed E-state index contributed by atoms with van der Waals surface area (Å²) >= 11 is 0. The van der Waals surface area contributed by atoms with Crippen molar-refractivity contribution >= 4 is 22.7 Å². The second-order valence-electron chi connectivity index (χ2n) is 8.13. The van der Waals surface area contributed by atoms with E-state index in [9.17, 15) is 13.8 Å². The van der Waals surface area contributed by atoms with Crippen LogP contribution in [0.25, 0.3) is 0 Å². The summed E-state index contributed by atoms with van der Waals surface area (Å²) in [5.41, 5.74) is 5.78. The summed E-state index contributed by atoms with van der Waals surface area (Å²) < 4.78 is 14.0. The molecule has 2 N–H and O–H groups in total. The minimum absolute atomic E-state index is 0.0214. The molecule has 6 nitrogen and oxygen atoms in total. The summed E-state index contributed by atoms with van der Waals surface area (Å²) in [6, 6.07) is -0.514. The molecule has 25 heavy (non-hydrogen) atoms. The Kier molecular flexibility index (Phi) is 5.38. The summed E-state index contributed by atoms with van der Waals surface area (Å²) in [5.74, 6) is -0.0119. The van der Waals surface area contributed by atoms with Crippen LogP contribution in [-0.2, 0) is 20.6 Å². The second-order valence-corrected chi connectivity index (χ2v) is 9.45. The lowest BCUT2D eigenvalue weighted by atomic mass is 9.80. The van der Waals surface area contributed by atoms with Crippen molar-refractivity contribution in [2.45, 2.75) is 70.0 Å². The molecule has 2 heterocycles. The first-order valence-electron chi connectivity index (χ1n) is 9.46. The summed E-state index contributed by atoms with van der Waals surface area (Å²) in [6.07, 6.45) is 7.95. The number of ketones is 1. The van der Waals surface area contributed by atoms with Crippen molar-refractivity contribution < 1.29 is 13.8 Å². The van der Waals surface area contributed by atoms with Gasteiger partial charge in [0.1, 0.15) is 5.78 Å². The van der Waals surface area contributed by atoms with E-state index in [1.54, 1.807) is 13.2 Å². The molecule has 3 aliphatic rings. The first kappa shape index (κ1) is 19.0. The molecule has 0 spiro atoms. The van der Waals surface area contributed by atoms with E-state index in [0.717, 1.165) is 32.1 Å². The number of fused-ring (bicyclic) bond motifs is 1. The van der Waals surface area contributed by atoms with Crippen molar-refractivity contribution in [2.24, 2.45) is 17.6 Å². The van der Waals surface area contributed by atoms with E-state index in [1.165, 1.54) is 6.42 Å². The van der Waals surface area contributed by atoms with E-state index < -0.39 is 22.6 Å². The largest absolute Gasteiger partial charge is 0.333 e. The molecule has 1 amide bonds. The molecule has 1 saturated carbocycles. The fraction of sp³-hybridized carbons (Fsp3) is 0.889. The van der Waals surface area contributed by atoms with Gasteiger partial charge in [-0.25, -0.2) is 8.51 Å². The topological polar surface area (TPSA) is 83.7 Å². The summed E-state index contributed by atoms with van der Waals surface area (Å²) in [4.78, 5) is 27.4. The number of hydrogen-bond donors (Lipinski definition) is 1. The predicted octanol–water partition coefficient (Wildman–Crippen LogP) is 1.07. The molecule has 7 heteroatoms. The van der Waals surface area contributed by atoms with Gasteiger partial charge in [0.25, 0.3) is 0 Å². The van der Waals surface area contributed by atoms with Crippen molar-refractivity contribution in [3.05, 3.63) is 0 Å². The van der Waals surface area contributed by atoms with Crippen LogP contribution >= 0.6 is 0 Å². The molecular formula is C18H31N3O3S. The van der Waals surface area contributed by atoms with Crippen LogP contribution in [-0.4, -0.2) is 62.1 Å². The molecule has 3 fully saturated rings. The van der Waals surface area contributed by atoms with Gasteiger partial charge in [-0.05, 0) is 39.0 Å². The number of amides is 1. The molecule has 0 aromatic rings. The van der Waals surface area contributed by atoms with Crippen molar-refractivity contribution in [2.75, 3.05) is 19.3 Å². The molecule has 0 radical (unpaired) electrons. The van der Waals surface area contributed by atoms with Crippen molar-refractivity contribution in [1.82, 2.24) is 9.21 Å². The number of rotatable bonds is 4. The van der Waals surface area contributed by atoms with E-state index >= 15 is 0 Å². The van der Waals surface area contributed by atoms with Crippen LogP contribution in [0.1, 0.15) is 52.4 Å². The number of nitrogens with zero attached hydrogens (tertiary/aromatic N) is 2. The van der Waals surface area contributed by atoms with E-state index in [4.69, 9.17) is 5.73 Å². The van der Waals surface area contributed by atoms with E-state index in [1.807, 2.05) is 16.1 Å². The Bertz CT molecular complexity index is 578. The zero-order valence-electron chi connectivity index (χ0n) is 15.6. The zero-order valence-corrected chi connectivity index (χ0v) is 16.4. The molecule has 2 saturated heterocycles. The molecular weight excluding hydrogens is 338 g/mol. The normalized spacial score (nSPS) is 36.2. The van der Waals surface area contributed by atoms with Crippen molar-refractivity contribution in [3.8, 4) is 0 Å². The van der Waals surface area contributed by atoms with Gasteiger partial charge < -0.3 is 10.6 Å². The minimum atomic E-state index is -1.15. The molecule has 2 aliphatic heterocycles. The molecule has 0 bridgehead atoms. The van der Waals surface area contributed by atoms with E-state index in [0.29, 0.717) is 13.1 Å². The Morgan fingerprint density at radius 3 is 2.40 bits per heavy atom. The monoisotopic (exact) mass is 369 g/mol. The number of likely N-dealkylation sites (tertiary alicyclic amines) is 1. The standard InChI is InChI=1S/C18H31N3O3S/c1-12(22)14-11-21(25(3)24)15-9-10-20(18(14,15)2)17(23)16(19)13-7-5-4-6-8-13/h13-16H,4-11,19H2,1-3H3/t14-,15-,16+,18-,25?/m1/s1. The third-order valence-corrected chi connectivity index (χ3v) is 7.89. The maximum Gasteiger partial charge on any atom is 0.240 e. The lowest BCUT2D eigenvalue weighted by Crippen LogP contribution is -2.59. The lowest BCUT2D eigenvalue weighted by molar-refractivity contribution is -0.140. The highest BCUT2D eigenvalue weighted by Gasteiger charge is 2.61. The molecule has 142 valence electrons. The van der Waals surface area contributed by atoms with Crippen LogP contribution in [0.5, 0.6) is 0 Å². The highest BCUT2D eigenvalue weighted by atomic mass is 32.2. The van der Waals surface area contributed by atoms with Gasteiger partial charge in [0, 0.05) is 25.4 Å². The summed E-state index contributed by atoms with van der Waals surface area (Å²) in [5, 5.41) is 0. The smallest absolute Gasteiger partial charge is 0.240 e. The molecule has 0 aromatic heterocycles. The molecule has 5 atom stereocenters. The fourth-order valence-electron chi connectivity index (χ4n) is 5.36. The van der Waals surface area contributed by atoms with Crippen LogP contribution in [0.2, 0.25) is 0 Å². The van der Waals surface area contributed by atoms with Crippen molar-refractivity contribution in [1.29, 1.82) is 0 Å². The number of hydrogen-bond acceptors (Lipinski definition) is 4. The predicted molar refractivity (Wildman–Crippen MR) is 98.0 cm³/mol. The van der Waals surface area contributed by atoms with Crippen LogP contribution < -0.4 is 5.73 Å². The number of carbonyl (C=O) groups excluding carboxylic acids is 2. The quantitative estimate of drug-likeness (QED) is 0.803. The Morgan fingerprint density at radius 2 is 1.84 bits per heavy atom. The number of nitrogens with two attached hydrogens (primary N) is 1. The van der Waals surface area contributed by atoms with Crippen molar-refractivity contribution in [3.63, 3.8) is 0 Å². The third kappa shape index (κ3) is 3.08. The lowest BCUT2D eigenvalue weighted by Gasteiger charge is -2.41. The number of Topliss-reactive ketones (excluding diaryl/α,β-unsaturated/α-hetero) is 1. The van der Waals surface area contributed by atoms with Gasteiger partial charge in [0.2, 0.25) is 5.91 Å². The van der Waals surface area contributed by atoms with Gasteiger partial charge in [-0.15, -0.1) is 0 Å². The molecule has 1 unspecified atom stereocenters. The first-order valence-corrected chi connectivity index (χ1v) is 11.0. The number of carbonyl (C=O) groups is 2. The fourth-order valence-corrected chi connectivity index (χ4v) is 6.40. The zero-order chi connectivity index (χ0) is 18.4. The second kappa shape index (κ2) is 7.08. The van der Waals surface area contributed by atoms with Gasteiger partial charge in [-0.2, -0.15) is 0 Å². The highest BCUT2D eigenvalue weighted by Crippen LogP contribution is 2.46. The van der Waals surface area contributed by atoms with Gasteiger partial charge in [0.05, 0.1) is 28.5 Å². The molecule has 3 rings (SSSR count). The van der Waals surface area contributed by atoms with Crippen LogP contribution in [0, 0.1) is 11.8 Å². The minimum Gasteiger partial charge on any atom is -0.333 e. The maximum absolute atomic E-state index is 13.2. The Morgan fingerprint density at radius 1 is 1.20 bits per heavy atom. The van der Waals surface area contributed by atoms with Gasteiger partial charge in [-0.3, -0.25) is 9.59 Å². The first-order chi connectivity index (χ1) is 11.8. The SMILES string of the molecule is CC(=O)[C@H]1CN(S(C)=O)[C@@H]2CCN(C(=O)[C@@H](N)C3CCCCC3)[C@]12C. The Labute approximate surface area is 153 Å². The average Bonchev–Trinajstić information content (AvgIpc) is 3.06. The summed E-state index contributed by atoms with van der Waals surface area (Å²) in [7, 11) is -1.15. The van der Waals surface area contributed by atoms with Gasteiger partial charge in [0.15, 0.2) is 0 Å². The molecule has 0 aromatic carbocycles. The third-order valence-electron chi connectivity index (χ3n) is 6.83. The van der Waals surface area contributed by atoms with E-state index in [2.05, 4.69) is 0 Å².